The number of fused-ring (bicyclic) bond motifs is 5. The molecule has 2 bridgehead atoms. The second-order valence-corrected chi connectivity index (χ2v) is 5.47. The quantitative estimate of drug-likeness (QED) is 0.286. The van der Waals surface area contributed by atoms with Crippen LogP contribution in [0.15, 0.2) is 12.2 Å². The molecule has 3 heterocycles. The zero-order valence-corrected chi connectivity index (χ0v) is 11.9. The molecule has 10 nitrogen and oxygen atoms in total. The van der Waals surface area contributed by atoms with Gasteiger partial charge in [-0.1, -0.05) is 6.58 Å². The summed E-state index contributed by atoms with van der Waals surface area (Å²) in [5, 5.41) is 43.6. The van der Waals surface area contributed by atoms with Gasteiger partial charge in [-0.3, -0.25) is 9.59 Å². The number of hydrogen-bond acceptors (Lipinski definition) is 7. The molecular formula is C12H20N2O8. The molecule has 0 aromatic carbocycles. The summed E-state index contributed by atoms with van der Waals surface area (Å²) in [6, 6.07) is 0. The summed E-state index contributed by atoms with van der Waals surface area (Å²) >= 11 is 0. The molecule has 0 aliphatic carbocycles. The molecule has 0 aromatic heterocycles. The highest BCUT2D eigenvalue weighted by molar-refractivity contribution is 6.02. The molecular weight excluding hydrogens is 300 g/mol. The highest BCUT2D eigenvalue weighted by Crippen LogP contribution is 2.32. The van der Waals surface area contributed by atoms with E-state index in [2.05, 4.69) is 11.9 Å². The van der Waals surface area contributed by atoms with E-state index < -0.39 is 41.6 Å². The standard InChI is InChI=1S/C12H18N2O7.H2O/c1-6-3-4-21-12(7(16)10(2,19)5-15)9(18)13-11(6,20)8(17)14-12;/h7,15-16,19-20H,1,3-5H2,2H3,(H,13,18)(H,14,17);1H2/t7-,10-,11+,12-;/m0./s1. The average molecular weight is 320 g/mol. The predicted molar refractivity (Wildman–Crippen MR) is 71.0 cm³/mol. The first-order valence-corrected chi connectivity index (χ1v) is 6.31. The summed E-state index contributed by atoms with van der Waals surface area (Å²) in [7, 11) is 0. The molecule has 0 spiro atoms. The first kappa shape index (κ1) is 18.5. The predicted octanol–water partition coefficient (Wildman–Crippen LogP) is -4.13. The second kappa shape index (κ2) is 5.57. The van der Waals surface area contributed by atoms with Crippen molar-refractivity contribution >= 4 is 11.8 Å². The number of ether oxygens (including phenoxy) is 1. The Bertz CT molecular complexity index is 507. The van der Waals surface area contributed by atoms with E-state index in [1.54, 1.807) is 0 Å². The fourth-order valence-corrected chi connectivity index (χ4v) is 2.29. The largest absolute Gasteiger partial charge is 0.412 e. The maximum Gasteiger partial charge on any atom is 0.280 e. The third-order valence-corrected chi connectivity index (χ3v) is 3.80. The van der Waals surface area contributed by atoms with Crippen LogP contribution in [0.4, 0.5) is 0 Å². The van der Waals surface area contributed by atoms with Crippen molar-refractivity contribution in [2.24, 2.45) is 0 Å². The Morgan fingerprint density at radius 1 is 1.41 bits per heavy atom. The molecule has 4 atom stereocenters. The van der Waals surface area contributed by atoms with Crippen LogP contribution < -0.4 is 10.6 Å². The Balaban J connectivity index is 0.00000242. The van der Waals surface area contributed by atoms with Crippen LogP contribution >= 0.6 is 0 Å². The van der Waals surface area contributed by atoms with Crippen LogP contribution in [0.5, 0.6) is 0 Å². The van der Waals surface area contributed by atoms with Crippen LogP contribution in [0.25, 0.3) is 0 Å². The topological polar surface area (TPSA) is 180 Å². The van der Waals surface area contributed by atoms with Crippen molar-refractivity contribution in [3.05, 3.63) is 12.2 Å². The zero-order chi connectivity index (χ0) is 16.1. The molecule has 0 aromatic rings. The van der Waals surface area contributed by atoms with Crippen molar-refractivity contribution in [2.45, 2.75) is 36.5 Å². The Labute approximate surface area is 125 Å². The molecule has 10 heteroatoms. The van der Waals surface area contributed by atoms with Crippen molar-refractivity contribution in [3.8, 4) is 0 Å². The highest BCUT2D eigenvalue weighted by Gasteiger charge is 2.63. The maximum atomic E-state index is 12.2. The van der Waals surface area contributed by atoms with Gasteiger partial charge in [0.15, 0.2) is 0 Å². The number of amides is 2. The average Bonchev–Trinajstić information content (AvgIpc) is 2.42. The summed E-state index contributed by atoms with van der Waals surface area (Å²) in [5.74, 6) is -2.09. The Morgan fingerprint density at radius 3 is 2.55 bits per heavy atom. The van der Waals surface area contributed by atoms with Crippen molar-refractivity contribution in [2.75, 3.05) is 13.2 Å². The molecule has 0 radical (unpaired) electrons. The van der Waals surface area contributed by atoms with Gasteiger partial charge in [-0.25, -0.2) is 0 Å². The van der Waals surface area contributed by atoms with Crippen LogP contribution in [0.2, 0.25) is 0 Å². The van der Waals surface area contributed by atoms with Gasteiger partial charge in [0.05, 0.1) is 13.2 Å². The van der Waals surface area contributed by atoms with E-state index in [-0.39, 0.29) is 24.1 Å². The van der Waals surface area contributed by atoms with Gasteiger partial charge in [-0.05, 0) is 18.9 Å². The fraction of sp³-hybridized carbons (Fsp3) is 0.667. The zero-order valence-electron chi connectivity index (χ0n) is 11.9. The molecule has 2 amide bonds. The Morgan fingerprint density at radius 2 is 2.00 bits per heavy atom. The van der Waals surface area contributed by atoms with Gasteiger partial charge in [0.2, 0.25) is 5.72 Å². The number of aliphatic hydroxyl groups excluding tert-OH is 2. The SMILES string of the molecule is C=C1CCO[C@]2([C@@H](O)[C@@](C)(O)CO)NC(=O)[C@@]1(O)NC2=O.O. The summed E-state index contributed by atoms with van der Waals surface area (Å²) in [6.45, 7) is 3.59. The van der Waals surface area contributed by atoms with Crippen molar-refractivity contribution in [3.63, 3.8) is 0 Å². The summed E-state index contributed by atoms with van der Waals surface area (Å²) in [6.07, 6.45) is -1.91. The number of nitrogens with one attached hydrogen (secondary N) is 2. The summed E-state index contributed by atoms with van der Waals surface area (Å²) in [4.78, 5) is 24.3. The van der Waals surface area contributed by atoms with Crippen LogP contribution in [-0.2, 0) is 14.3 Å². The van der Waals surface area contributed by atoms with Crippen LogP contribution in [0, 0.1) is 0 Å². The van der Waals surface area contributed by atoms with Gasteiger partial charge in [0.25, 0.3) is 17.5 Å². The third-order valence-electron chi connectivity index (χ3n) is 3.80. The van der Waals surface area contributed by atoms with E-state index in [1.807, 2.05) is 5.32 Å². The lowest BCUT2D eigenvalue weighted by Crippen LogP contribution is -2.82. The number of piperazine rings is 1. The van der Waals surface area contributed by atoms with Crippen LogP contribution in [0.3, 0.4) is 0 Å². The van der Waals surface area contributed by atoms with Gasteiger partial charge >= 0.3 is 0 Å². The van der Waals surface area contributed by atoms with Gasteiger partial charge in [0.1, 0.15) is 11.7 Å². The lowest BCUT2D eigenvalue weighted by Gasteiger charge is -2.49. The minimum Gasteiger partial charge on any atom is -0.412 e. The number of carbonyl (C=O) groups excluding carboxylic acids is 2. The highest BCUT2D eigenvalue weighted by atomic mass is 16.5. The van der Waals surface area contributed by atoms with Crippen molar-refractivity contribution in [1.29, 1.82) is 0 Å². The van der Waals surface area contributed by atoms with E-state index in [0.717, 1.165) is 6.92 Å². The van der Waals surface area contributed by atoms with E-state index in [4.69, 9.17) is 9.84 Å². The first-order chi connectivity index (χ1) is 9.60. The number of rotatable bonds is 3. The Kier molecular flexibility index (Phi) is 4.68. The van der Waals surface area contributed by atoms with Gasteiger partial charge in [-0.15, -0.1) is 0 Å². The normalized spacial score (nSPS) is 35.4. The van der Waals surface area contributed by atoms with E-state index in [9.17, 15) is 24.9 Å². The lowest BCUT2D eigenvalue weighted by molar-refractivity contribution is -0.230. The van der Waals surface area contributed by atoms with E-state index in [0.29, 0.717) is 0 Å². The fourth-order valence-electron chi connectivity index (χ4n) is 2.29. The van der Waals surface area contributed by atoms with Gasteiger partial charge < -0.3 is 41.3 Å². The number of carbonyl (C=O) groups is 2. The third kappa shape index (κ3) is 2.39. The second-order valence-electron chi connectivity index (χ2n) is 5.47. The van der Waals surface area contributed by atoms with E-state index in [1.165, 1.54) is 0 Å². The van der Waals surface area contributed by atoms with Crippen LogP contribution in [0.1, 0.15) is 13.3 Å². The molecule has 22 heavy (non-hydrogen) atoms. The minimum absolute atomic E-state index is 0. The van der Waals surface area contributed by atoms with Crippen molar-refractivity contribution in [1.82, 2.24) is 10.6 Å². The molecule has 3 fully saturated rings. The maximum absolute atomic E-state index is 12.2. The molecule has 0 unspecified atom stereocenters. The molecule has 3 saturated heterocycles. The number of aliphatic hydroxyl groups is 4. The smallest absolute Gasteiger partial charge is 0.280 e. The summed E-state index contributed by atoms with van der Waals surface area (Å²) < 4.78 is 5.27. The van der Waals surface area contributed by atoms with Crippen LogP contribution in [-0.4, -0.2) is 74.1 Å². The van der Waals surface area contributed by atoms with E-state index >= 15 is 0 Å². The van der Waals surface area contributed by atoms with Gasteiger partial charge in [-0.2, -0.15) is 0 Å². The van der Waals surface area contributed by atoms with Gasteiger partial charge in [0, 0.05) is 0 Å². The molecule has 3 aliphatic rings. The molecule has 8 N–H and O–H groups in total. The molecule has 3 aliphatic heterocycles. The number of hydrogen-bond donors (Lipinski definition) is 6. The van der Waals surface area contributed by atoms with Crippen molar-refractivity contribution < 1.29 is 40.2 Å². The summed E-state index contributed by atoms with van der Waals surface area (Å²) in [5.41, 5.74) is -6.69. The molecule has 0 saturated carbocycles. The minimum atomic E-state index is -2.31. The first-order valence-electron chi connectivity index (χ1n) is 6.31. The molecule has 126 valence electrons. The lowest BCUT2D eigenvalue weighted by atomic mass is 9.85. The monoisotopic (exact) mass is 320 g/mol. The Hall–Kier alpha value is -1.56. The molecule has 3 rings (SSSR count).